The van der Waals surface area contributed by atoms with Crippen molar-refractivity contribution in [3.05, 3.63) is 11.9 Å². The first kappa shape index (κ1) is 13.7. The molecule has 1 rings (SSSR count). The summed E-state index contributed by atoms with van der Waals surface area (Å²) in [7, 11) is 1.84. The van der Waals surface area contributed by atoms with Crippen molar-refractivity contribution < 1.29 is 4.79 Å². The summed E-state index contributed by atoms with van der Waals surface area (Å²) in [4.78, 5) is 12.0. The first-order valence-electron chi connectivity index (χ1n) is 6.03. The average molecular weight is 238 g/mol. The fourth-order valence-electron chi connectivity index (χ4n) is 1.81. The molecule has 3 N–H and O–H groups in total. The largest absolute Gasteiger partial charge is 0.330 e. The molecular formula is C12H22N4O. The van der Waals surface area contributed by atoms with E-state index >= 15 is 0 Å². The number of carbonyl (C=O) groups is 1. The predicted octanol–water partition coefficient (Wildman–Crippen LogP) is 1.15. The third kappa shape index (κ3) is 3.30. The summed E-state index contributed by atoms with van der Waals surface area (Å²) in [5.74, 6) is 0.0619. The number of nitrogens with zero attached hydrogens (tertiary/aromatic N) is 2. The lowest BCUT2D eigenvalue weighted by Crippen LogP contribution is -2.33. The van der Waals surface area contributed by atoms with E-state index in [-0.39, 0.29) is 17.7 Å². The van der Waals surface area contributed by atoms with Gasteiger partial charge in [-0.3, -0.25) is 9.48 Å². The number of amides is 1. The molecule has 96 valence electrons. The summed E-state index contributed by atoms with van der Waals surface area (Å²) >= 11 is 0. The summed E-state index contributed by atoms with van der Waals surface area (Å²) in [6.45, 7) is 6.38. The van der Waals surface area contributed by atoms with Crippen molar-refractivity contribution in [2.24, 2.45) is 24.6 Å². The molecule has 1 heterocycles. The van der Waals surface area contributed by atoms with Crippen molar-refractivity contribution >= 4 is 11.6 Å². The highest BCUT2D eigenvalue weighted by Crippen LogP contribution is 2.17. The van der Waals surface area contributed by atoms with Crippen LogP contribution >= 0.6 is 0 Å². The van der Waals surface area contributed by atoms with Crippen LogP contribution in [0.1, 0.15) is 26.5 Å². The second-order valence-electron chi connectivity index (χ2n) is 4.59. The Morgan fingerprint density at radius 2 is 2.24 bits per heavy atom. The Hall–Kier alpha value is -1.36. The highest BCUT2D eigenvalue weighted by atomic mass is 16.1. The molecule has 1 amide bonds. The Morgan fingerprint density at radius 1 is 1.59 bits per heavy atom. The van der Waals surface area contributed by atoms with E-state index in [0.717, 1.165) is 17.8 Å². The molecule has 5 heteroatoms. The molecule has 0 saturated carbocycles. The van der Waals surface area contributed by atoms with Crippen molar-refractivity contribution in [2.75, 3.05) is 11.9 Å². The smallest absolute Gasteiger partial charge is 0.229 e. The van der Waals surface area contributed by atoms with Crippen LogP contribution in [0.2, 0.25) is 0 Å². The Kier molecular flexibility index (Phi) is 4.69. The van der Waals surface area contributed by atoms with E-state index in [1.54, 1.807) is 4.68 Å². The van der Waals surface area contributed by atoms with Gasteiger partial charge in [0.15, 0.2) is 0 Å². The van der Waals surface area contributed by atoms with E-state index in [0.29, 0.717) is 6.54 Å². The standard InChI is InChI=1S/C12H22N4O/c1-5-10-11(7-16(4)15-10)14-12(17)9(6-13)8(2)3/h7-9H,5-6,13H2,1-4H3,(H,14,17). The van der Waals surface area contributed by atoms with Crippen LogP contribution in [0, 0.1) is 11.8 Å². The van der Waals surface area contributed by atoms with Crippen LogP contribution in [0.3, 0.4) is 0 Å². The maximum atomic E-state index is 12.0. The molecule has 5 nitrogen and oxygen atoms in total. The van der Waals surface area contributed by atoms with Gasteiger partial charge in [-0.1, -0.05) is 20.8 Å². The molecule has 0 fully saturated rings. The third-order valence-electron chi connectivity index (χ3n) is 2.89. The lowest BCUT2D eigenvalue weighted by molar-refractivity contribution is -0.120. The van der Waals surface area contributed by atoms with Crippen molar-refractivity contribution in [1.29, 1.82) is 0 Å². The Balaban J connectivity index is 2.79. The number of hydrogen-bond donors (Lipinski definition) is 2. The first-order chi connectivity index (χ1) is 7.99. The number of carbonyl (C=O) groups excluding carboxylic acids is 1. The van der Waals surface area contributed by atoms with Crippen LogP contribution in [0.4, 0.5) is 5.69 Å². The van der Waals surface area contributed by atoms with Crippen LogP contribution in [0.15, 0.2) is 6.20 Å². The van der Waals surface area contributed by atoms with E-state index in [1.807, 2.05) is 34.0 Å². The summed E-state index contributed by atoms with van der Waals surface area (Å²) < 4.78 is 1.71. The average Bonchev–Trinajstić information content (AvgIpc) is 2.59. The summed E-state index contributed by atoms with van der Waals surface area (Å²) in [6, 6.07) is 0. The van der Waals surface area contributed by atoms with Gasteiger partial charge in [0, 0.05) is 19.8 Å². The zero-order valence-electron chi connectivity index (χ0n) is 11.0. The second-order valence-corrected chi connectivity index (χ2v) is 4.59. The molecule has 0 aliphatic heterocycles. The Morgan fingerprint density at radius 3 is 2.71 bits per heavy atom. The maximum absolute atomic E-state index is 12.0. The molecule has 0 bridgehead atoms. The number of hydrogen-bond acceptors (Lipinski definition) is 3. The molecule has 0 radical (unpaired) electrons. The Bertz CT molecular complexity index is 384. The number of aromatic nitrogens is 2. The molecular weight excluding hydrogens is 216 g/mol. The fourth-order valence-corrected chi connectivity index (χ4v) is 1.81. The van der Waals surface area contributed by atoms with Crippen LogP contribution in [0.25, 0.3) is 0 Å². The Labute approximate surface area is 102 Å². The van der Waals surface area contributed by atoms with Gasteiger partial charge in [0.05, 0.1) is 17.3 Å². The summed E-state index contributed by atoms with van der Waals surface area (Å²) in [5, 5.41) is 7.20. The van der Waals surface area contributed by atoms with E-state index in [1.165, 1.54) is 0 Å². The van der Waals surface area contributed by atoms with Gasteiger partial charge in [0.25, 0.3) is 0 Å². The highest BCUT2D eigenvalue weighted by molar-refractivity contribution is 5.93. The van der Waals surface area contributed by atoms with Crippen molar-refractivity contribution in [3.8, 4) is 0 Å². The molecule has 0 aromatic carbocycles. The molecule has 1 unspecified atom stereocenters. The summed E-state index contributed by atoms with van der Waals surface area (Å²) in [5.41, 5.74) is 7.32. The van der Waals surface area contributed by atoms with E-state index in [2.05, 4.69) is 10.4 Å². The van der Waals surface area contributed by atoms with Gasteiger partial charge in [0.1, 0.15) is 0 Å². The van der Waals surface area contributed by atoms with Crippen molar-refractivity contribution in [1.82, 2.24) is 9.78 Å². The van der Waals surface area contributed by atoms with E-state index < -0.39 is 0 Å². The van der Waals surface area contributed by atoms with Gasteiger partial charge < -0.3 is 11.1 Å². The van der Waals surface area contributed by atoms with Crippen LogP contribution in [0.5, 0.6) is 0 Å². The number of aryl methyl sites for hydroxylation is 2. The highest BCUT2D eigenvalue weighted by Gasteiger charge is 2.21. The minimum absolute atomic E-state index is 0.0230. The lowest BCUT2D eigenvalue weighted by atomic mass is 9.95. The second kappa shape index (κ2) is 5.82. The number of anilines is 1. The van der Waals surface area contributed by atoms with Crippen LogP contribution < -0.4 is 11.1 Å². The zero-order valence-corrected chi connectivity index (χ0v) is 11.0. The number of rotatable bonds is 5. The molecule has 1 aromatic rings. The predicted molar refractivity (Wildman–Crippen MR) is 68.6 cm³/mol. The van der Waals surface area contributed by atoms with Gasteiger partial charge in [-0.25, -0.2) is 0 Å². The van der Waals surface area contributed by atoms with Crippen molar-refractivity contribution in [2.45, 2.75) is 27.2 Å². The van der Waals surface area contributed by atoms with Gasteiger partial charge in [0.2, 0.25) is 5.91 Å². The van der Waals surface area contributed by atoms with Crippen molar-refractivity contribution in [3.63, 3.8) is 0 Å². The van der Waals surface area contributed by atoms with Gasteiger partial charge in [-0.15, -0.1) is 0 Å². The molecule has 0 saturated heterocycles. The third-order valence-corrected chi connectivity index (χ3v) is 2.89. The SMILES string of the molecule is CCc1nn(C)cc1NC(=O)C(CN)C(C)C. The first-order valence-corrected chi connectivity index (χ1v) is 6.03. The zero-order chi connectivity index (χ0) is 13.0. The van der Waals surface area contributed by atoms with Crippen LogP contribution in [-0.4, -0.2) is 22.2 Å². The quantitative estimate of drug-likeness (QED) is 0.808. The maximum Gasteiger partial charge on any atom is 0.229 e. The van der Waals surface area contributed by atoms with E-state index in [4.69, 9.17) is 5.73 Å². The molecule has 0 aliphatic carbocycles. The van der Waals surface area contributed by atoms with E-state index in [9.17, 15) is 4.79 Å². The molecule has 1 atom stereocenters. The van der Waals surface area contributed by atoms with Gasteiger partial charge in [-0.2, -0.15) is 5.10 Å². The fraction of sp³-hybridized carbons (Fsp3) is 0.667. The minimum atomic E-state index is -0.153. The monoisotopic (exact) mass is 238 g/mol. The molecule has 0 aliphatic rings. The normalized spacial score (nSPS) is 12.8. The van der Waals surface area contributed by atoms with Gasteiger partial charge >= 0.3 is 0 Å². The number of nitrogens with two attached hydrogens (primary N) is 1. The minimum Gasteiger partial charge on any atom is -0.330 e. The topological polar surface area (TPSA) is 72.9 Å². The van der Waals surface area contributed by atoms with Gasteiger partial charge in [-0.05, 0) is 12.3 Å². The molecule has 17 heavy (non-hydrogen) atoms. The number of nitrogens with one attached hydrogen (secondary N) is 1. The molecule has 1 aromatic heterocycles. The molecule has 0 spiro atoms. The summed E-state index contributed by atoms with van der Waals surface area (Å²) in [6.07, 6.45) is 2.62. The lowest BCUT2D eigenvalue weighted by Gasteiger charge is -2.17. The van der Waals surface area contributed by atoms with Crippen LogP contribution in [-0.2, 0) is 18.3 Å².